The van der Waals surface area contributed by atoms with Gasteiger partial charge in [-0.15, -0.1) is 0 Å². The van der Waals surface area contributed by atoms with Crippen molar-refractivity contribution in [2.75, 3.05) is 18.4 Å². The highest BCUT2D eigenvalue weighted by Gasteiger charge is 2.21. The molecule has 3 rings (SSSR count). The van der Waals surface area contributed by atoms with E-state index in [1.807, 2.05) is 36.4 Å². The van der Waals surface area contributed by atoms with Gasteiger partial charge in [0, 0.05) is 31.1 Å². The molecule has 32 heavy (non-hydrogen) atoms. The van der Waals surface area contributed by atoms with Crippen molar-refractivity contribution in [1.29, 1.82) is 0 Å². The zero-order chi connectivity index (χ0) is 22.8. The van der Waals surface area contributed by atoms with Gasteiger partial charge in [-0.2, -0.15) is 0 Å². The number of hydrogen-bond donors (Lipinski definition) is 3. The van der Waals surface area contributed by atoms with Gasteiger partial charge >= 0.3 is 0 Å². The molecule has 3 aromatic rings. The van der Waals surface area contributed by atoms with Crippen LogP contribution in [0, 0.1) is 10.1 Å². The maximum Gasteiger partial charge on any atom is 0.292 e. The van der Waals surface area contributed by atoms with Crippen LogP contribution in [0.2, 0.25) is 0 Å². The van der Waals surface area contributed by atoms with Crippen LogP contribution >= 0.6 is 0 Å². The lowest BCUT2D eigenvalue weighted by Crippen LogP contribution is -2.48. The third-order valence-electron chi connectivity index (χ3n) is 4.78. The summed E-state index contributed by atoms with van der Waals surface area (Å²) in [5.74, 6) is -0.665. The van der Waals surface area contributed by atoms with Crippen LogP contribution < -0.4 is 16.0 Å². The van der Waals surface area contributed by atoms with E-state index in [9.17, 15) is 19.7 Å². The molecular weight excluding hydrogens is 408 g/mol. The predicted octanol–water partition coefficient (Wildman–Crippen LogP) is 3.16. The van der Waals surface area contributed by atoms with Crippen LogP contribution in [-0.2, 0) is 11.2 Å². The van der Waals surface area contributed by atoms with Gasteiger partial charge in [-0.3, -0.25) is 19.7 Å². The van der Waals surface area contributed by atoms with E-state index >= 15 is 0 Å². The maximum atomic E-state index is 12.8. The number of nitro groups is 1. The largest absolute Gasteiger partial charge is 0.378 e. The minimum Gasteiger partial charge on any atom is -0.378 e. The highest BCUT2D eigenvalue weighted by Crippen LogP contribution is 2.22. The number of amides is 2. The van der Waals surface area contributed by atoms with Crippen molar-refractivity contribution < 1.29 is 14.5 Å². The summed E-state index contributed by atoms with van der Waals surface area (Å²) in [5, 5.41) is 19.7. The van der Waals surface area contributed by atoms with E-state index in [-0.39, 0.29) is 24.0 Å². The van der Waals surface area contributed by atoms with Crippen molar-refractivity contribution in [2.45, 2.75) is 12.5 Å². The van der Waals surface area contributed by atoms with Gasteiger partial charge in [-0.05, 0) is 23.8 Å². The molecule has 2 amide bonds. The van der Waals surface area contributed by atoms with E-state index in [2.05, 4.69) is 16.0 Å². The summed E-state index contributed by atoms with van der Waals surface area (Å²) < 4.78 is 0. The number of para-hydroxylation sites is 2. The molecule has 8 nitrogen and oxygen atoms in total. The molecule has 3 N–H and O–H groups in total. The fourth-order valence-electron chi connectivity index (χ4n) is 3.18. The second kappa shape index (κ2) is 11.3. The zero-order valence-corrected chi connectivity index (χ0v) is 17.4. The zero-order valence-electron chi connectivity index (χ0n) is 17.4. The molecule has 0 aromatic heterocycles. The summed E-state index contributed by atoms with van der Waals surface area (Å²) in [5.41, 5.74) is 1.73. The van der Waals surface area contributed by atoms with Crippen molar-refractivity contribution in [3.63, 3.8) is 0 Å². The Morgan fingerprint density at radius 1 is 0.844 bits per heavy atom. The Morgan fingerprint density at radius 3 is 2.16 bits per heavy atom. The van der Waals surface area contributed by atoms with E-state index in [0.717, 1.165) is 5.56 Å². The van der Waals surface area contributed by atoms with Crippen molar-refractivity contribution in [3.05, 3.63) is 106 Å². The number of carbonyl (C=O) groups is 2. The molecule has 0 fully saturated rings. The Bertz CT molecular complexity index is 1060. The highest BCUT2D eigenvalue weighted by atomic mass is 16.6. The Morgan fingerprint density at radius 2 is 1.47 bits per heavy atom. The average Bonchev–Trinajstić information content (AvgIpc) is 2.82. The van der Waals surface area contributed by atoms with Crippen LogP contribution in [0.3, 0.4) is 0 Å². The number of hydrogen-bond acceptors (Lipinski definition) is 5. The Labute approximate surface area is 185 Å². The lowest BCUT2D eigenvalue weighted by atomic mass is 10.0. The van der Waals surface area contributed by atoms with Crippen molar-refractivity contribution in [3.8, 4) is 0 Å². The maximum absolute atomic E-state index is 12.8. The molecule has 0 radical (unpaired) electrons. The molecule has 3 aromatic carbocycles. The van der Waals surface area contributed by atoms with Gasteiger partial charge in [-0.1, -0.05) is 60.7 Å². The van der Waals surface area contributed by atoms with Gasteiger partial charge in [0.25, 0.3) is 11.6 Å². The number of nitrogens with one attached hydrogen (secondary N) is 3. The number of anilines is 1. The van der Waals surface area contributed by atoms with Crippen molar-refractivity contribution >= 4 is 23.2 Å². The smallest absolute Gasteiger partial charge is 0.292 e. The minimum atomic E-state index is -0.767. The standard InChI is InChI=1S/C24H24N4O4/c29-23(19-11-5-2-6-12-19)27-21(17-18-9-3-1-4-10-18)24(30)26-16-15-25-20-13-7-8-14-22(20)28(31)32/h1-14,21,25H,15-17H2,(H,26,30)(H,27,29). The lowest BCUT2D eigenvalue weighted by Gasteiger charge is -2.19. The molecule has 0 aliphatic rings. The van der Waals surface area contributed by atoms with Gasteiger partial charge in [0.2, 0.25) is 5.91 Å². The number of nitro benzene ring substituents is 1. The lowest BCUT2D eigenvalue weighted by molar-refractivity contribution is -0.384. The van der Waals surface area contributed by atoms with E-state index in [1.54, 1.807) is 42.5 Å². The van der Waals surface area contributed by atoms with Gasteiger partial charge < -0.3 is 16.0 Å². The van der Waals surface area contributed by atoms with Gasteiger partial charge in [0.1, 0.15) is 11.7 Å². The van der Waals surface area contributed by atoms with E-state index in [1.165, 1.54) is 6.07 Å². The Kier molecular flexibility index (Phi) is 7.91. The predicted molar refractivity (Wildman–Crippen MR) is 122 cm³/mol. The molecule has 0 aliphatic carbocycles. The Hall–Kier alpha value is -4.20. The fraction of sp³-hybridized carbons (Fsp3) is 0.167. The number of carbonyl (C=O) groups excluding carboxylic acids is 2. The summed E-state index contributed by atoms with van der Waals surface area (Å²) in [6.45, 7) is 0.526. The highest BCUT2D eigenvalue weighted by molar-refractivity contribution is 5.97. The topological polar surface area (TPSA) is 113 Å². The average molecular weight is 432 g/mol. The first-order valence-electron chi connectivity index (χ1n) is 10.2. The first kappa shape index (κ1) is 22.5. The molecule has 0 aliphatic heterocycles. The molecule has 0 saturated heterocycles. The number of nitrogens with zero attached hydrogens (tertiary/aromatic N) is 1. The van der Waals surface area contributed by atoms with Gasteiger partial charge in [0.05, 0.1) is 4.92 Å². The molecule has 164 valence electrons. The molecular formula is C24H24N4O4. The van der Waals surface area contributed by atoms with Crippen LogP contribution in [0.1, 0.15) is 15.9 Å². The second-order valence-electron chi connectivity index (χ2n) is 7.07. The van der Waals surface area contributed by atoms with Crippen LogP contribution in [0.15, 0.2) is 84.9 Å². The third-order valence-corrected chi connectivity index (χ3v) is 4.78. The van der Waals surface area contributed by atoms with Crippen molar-refractivity contribution in [1.82, 2.24) is 10.6 Å². The Balaban J connectivity index is 1.60. The summed E-state index contributed by atoms with van der Waals surface area (Å²) in [6.07, 6.45) is 0.336. The minimum absolute atomic E-state index is 0.0316. The summed E-state index contributed by atoms with van der Waals surface area (Å²) >= 11 is 0. The van der Waals surface area contributed by atoms with Gasteiger partial charge in [0.15, 0.2) is 0 Å². The molecule has 1 atom stereocenters. The van der Waals surface area contributed by atoms with E-state index in [4.69, 9.17) is 0 Å². The van der Waals surface area contributed by atoms with Crippen molar-refractivity contribution in [2.24, 2.45) is 0 Å². The van der Waals surface area contributed by atoms with Crippen LogP contribution in [0.5, 0.6) is 0 Å². The molecule has 1 unspecified atom stereocenters. The van der Waals surface area contributed by atoms with Gasteiger partial charge in [-0.25, -0.2) is 0 Å². The molecule has 0 bridgehead atoms. The third kappa shape index (κ3) is 6.40. The molecule has 0 heterocycles. The number of rotatable bonds is 10. The van der Waals surface area contributed by atoms with E-state index in [0.29, 0.717) is 24.2 Å². The summed E-state index contributed by atoms with van der Waals surface area (Å²) in [6, 6.07) is 23.7. The number of benzene rings is 3. The molecule has 8 heteroatoms. The van der Waals surface area contributed by atoms with E-state index < -0.39 is 11.0 Å². The summed E-state index contributed by atoms with van der Waals surface area (Å²) in [4.78, 5) is 36.1. The molecule has 0 spiro atoms. The monoisotopic (exact) mass is 432 g/mol. The molecule has 0 saturated carbocycles. The second-order valence-corrected chi connectivity index (χ2v) is 7.07. The SMILES string of the molecule is O=C(NC(Cc1ccccc1)C(=O)NCCNc1ccccc1[N+](=O)[O-])c1ccccc1. The summed E-state index contributed by atoms with van der Waals surface area (Å²) in [7, 11) is 0. The normalized spacial score (nSPS) is 11.2. The fourth-order valence-corrected chi connectivity index (χ4v) is 3.18. The van der Waals surface area contributed by atoms with Crippen LogP contribution in [0.25, 0.3) is 0 Å². The first-order chi connectivity index (χ1) is 15.5. The van der Waals surface area contributed by atoms with Crippen LogP contribution in [0.4, 0.5) is 11.4 Å². The quantitative estimate of drug-likeness (QED) is 0.259. The van der Waals surface area contributed by atoms with Crippen LogP contribution in [-0.4, -0.2) is 35.9 Å². The first-order valence-corrected chi connectivity index (χ1v) is 10.2.